The average molecular weight is 198 g/mol. The molecule has 1 amide bonds. The van der Waals surface area contributed by atoms with Gasteiger partial charge in [-0.2, -0.15) is 0 Å². The summed E-state index contributed by atoms with van der Waals surface area (Å²) in [5.74, 6) is 0.273. The fraction of sp³-hybridized carbons (Fsp3) is 0.909. The Hall–Kier alpha value is -0.570. The maximum atomic E-state index is 11.6. The number of hydrogen-bond acceptors (Lipinski definition) is 2. The van der Waals surface area contributed by atoms with Crippen molar-refractivity contribution in [3.05, 3.63) is 0 Å². The number of hydrogen-bond donors (Lipinski definition) is 2. The first-order valence-corrected chi connectivity index (χ1v) is 5.52. The van der Waals surface area contributed by atoms with Crippen molar-refractivity contribution in [2.24, 2.45) is 17.1 Å². The van der Waals surface area contributed by atoms with E-state index in [2.05, 4.69) is 19.2 Å². The highest BCUT2D eigenvalue weighted by Crippen LogP contribution is 2.44. The van der Waals surface area contributed by atoms with Gasteiger partial charge in [-0.05, 0) is 24.2 Å². The number of carbonyl (C=O) groups is 1. The second-order valence-corrected chi connectivity index (χ2v) is 4.94. The zero-order chi connectivity index (χ0) is 10.8. The monoisotopic (exact) mass is 198 g/mol. The molecule has 1 aliphatic rings. The van der Waals surface area contributed by atoms with Gasteiger partial charge in [0, 0.05) is 6.54 Å². The molecule has 0 radical (unpaired) electrons. The van der Waals surface area contributed by atoms with Gasteiger partial charge in [0.25, 0.3) is 0 Å². The SMILES string of the molecule is CCC(C)[C@H](N)C(=O)NCC1(C)CC1. The summed E-state index contributed by atoms with van der Waals surface area (Å²) in [5.41, 5.74) is 6.17. The molecule has 0 bridgehead atoms. The molecule has 0 aromatic rings. The lowest BCUT2D eigenvalue weighted by atomic mass is 9.99. The molecule has 0 aromatic heterocycles. The number of nitrogens with two attached hydrogens (primary N) is 1. The van der Waals surface area contributed by atoms with Gasteiger partial charge in [0.2, 0.25) is 5.91 Å². The summed E-state index contributed by atoms with van der Waals surface area (Å²) in [6.45, 7) is 7.06. The third-order valence-electron chi connectivity index (χ3n) is 3.35. The van der Waals surface area contributed by atoms with E-state index in [1.165, 1.54) is 12.8 Å². The molecule has 0 saturated heterocycles. The van der Waals surface area contributed by atoms with Crippen molar-refractivity contribution in [3.8, 4) is 0 Å². The van der Waals surface area contributed by atoms with Crippen LogP contribution in [0.4, 0.5) is 0 Å². The van der Waals surface area contributed by atoms with Crippen molar-refractivity contribution < 1.29 is 4.79 Å². The minimum absolute atomic E-state index is 0.00692. The van der Waals surface area contributed by atoms with E-state index in [-0.39, 0.29) is 17.9 Å². The molecule has 2 atom stereocenters. The highest BCUT2D eigenvalue weighted by atomic mass is 16.2. The van der Waals surface area contributed by atoms with Crippen LogP contribution in [0.1, 0.15) is 40.0 Å². The highest BCUT2D eigenvalue weighted by molar-refractivity contribution is 5.81. The maximum absolute atomic E-state index is 11.6. The molecule has 14 heavy (non-hydrogen) atoms. The zero-order valence-corrected chi connectivity index (χ0v) is 9.47. The molecule has 82 valence electrons. The topological polar surface area (TPSA) is 55.1 Å². The van der Waals surface area contributed by atoms with Gasteiger partial charge >= 0.3 is 0 Å². The molecule has 1 rings (SSSR count). The molecule has 0 aliphatic heterocycles. The van der Waals surface area contributed by atoms with Gasteiger partial charge in [-0.25, -0.2) is 0 Å². The Kier molecular flexibility index (Phi) is 3.53. The summed E-state index contributed by atoms with van der Waals surface area (Å²) in [6.07, 6.45) is 3.41. The van der Waals surface area contributed by atoms with E-state index in [9.17, 15) is 4.79 Å². The van der Waals surface area contributed by atoms with Crippen molar-refractivity contribution in [1.82, 2.24) is 5.32 Å². The lowest BCUT2D eigenvalue weighted by molar-refractivity contribution is -0.123. The summed E-state index contributed by atoms with van der Waals surface area (Å²) in [5, 5.41) is 2.94. The van der Waals surface area contributed by atoms with Gasteiger partial charge in [-0.1, -0.05) is 27.2 Å². The summed E-state index contributed by atoms with van der Waals surface area (Å²) in [6, 6.07) is -0.345. The molecule has 0 spiro atoms. The van der Waals surface area contributed by atoms with Crippen LogP contribution in [0.2, 0.25) is 0 Å². The van der Waals surface area contributed by atoms with E-state index in [1.807, 2.05) is 6.92 Å². The van der Waals surface area contributed by atoms with E-state index in [4.69, 9.17) is 5.73 Å². The third kappa shape index (κ3) is 2.98. The molecule has 1 saturated carbocycles. The van der Waals surface area contributed by atoms with Gasteiger partial charge in [0.05, 0.1) is 6.04 Å². The van der Waals surface area contributed by atoms with Gasteiger partial charge < -0.3 is 11.1 Å². The predicted octanol–water partition coefficient (Wildman–Crippen LogP) is 1.28. The maximum Gasteiger partial charge on any atom is 0.237 e. The Balaban J connectivity index is 2.26. The Morgan fingerprint density at radius 3 is 2.57 bits per heavy atom. The second kappa shape index (κ2) is 4.30. The molecule has 1 unspecified atom stereocenters. The van der Waals surface area contributed by atoms with Crippen molar-refractivity contribution >= 4 is 5.91 Å². The molecule has 0 heterocycles. The molecule has 1 fully saturated rings. The second-order valence-electron chi connectivity index (χ2n) is 4.94. The highest BCUT2D eigenvalue weighted by Gasteiger charge is 2.37. The van der Waals surface area contributed by atoms with Crippen molar-refractivity contribution in [2.75, 3.05) is 6.54 Å². The first kappa shape index (κ1) is 11.5. The summed E-state index contributed by atoms with van der Waals surface area (Å²) >= 11 is 0. The lowest BCUT2D eigenvalue weighted by Crippen LogP contribution is -2.45. The third-order valence-corrected chi connectivity index (χ3v) is 3.35. The summed E-state index contributed by atoms with van der Waals surface area (Å²) < 4.78 is 0. The van der Waals surface area contributed by atoms with Crippen LogP contribution in [0, 0.1) is 11.3 Å². The van der Waals surface area contributed by atoms with Gasteiger partial charge in [0.15, 0.2) is 0 Å². The largest absolute Gasteiger partial charge is 0.354 e. The van der Waals surface area contributed by atoms with Gasteiger partial charge in [-0.15, -0.1) is 0 Å². The van der Waals surface area contributed by atoms with Crippen LogP contribution in [0.3, 0.4) is 0 Å². The van der Waals surface area contributed by atoms with Crippen LogP contribution < -0.4 is 11.1 Å². The van der Waals surface area contributed by atoms with E-state index < -0.39 is 0 Å². The number of nitrogens with one attached hydrogen (secondary N) is 1. The quantitative estimate of drug-likeness (QED) is 0.699. The van der Waals surface area contributed by atoms with Crippen LogP contribution in [0.15, 0.2) is 0 Å². The Morgan fingerprint density at radius 2 is 2.14 bits per heavy atom. The van der Waals surface area contributed by atoms with Crippen LogP contribution in [0.25, 0.3) is 0 Å². The molecule has 3 heteroatoms. The van der Waals surface area contributed by atoms with Crippen molar-refractivity contribution in [2.45, 2.75) is 46.1 Å². The standard InChI is InChI=1S/C11H22N2O/c1-4-8(2)9(12)10(14)13-7-11(3)5-6-11/h8-9H,4-7,12H2,1-3H3,(H,13,14)/t8?,9-/m0/s1. The minimum Gasteiger partial charge on any atom is -0.354 e. The molecule has 1 aliphatic carbocycles. The zero-order valence-electron chi connectivity index (χ0n) is 9.47. The lowest BCUT2D eigenvalue weighted by Gasteiger charge is -2.19. The van der Waals surface area contributed by atoms with E-state index in [0.717, 1.165) is 13.0 Å². The predicted molar refractivity (Wildman–Crippen MR) is 57.8 cm³/mol. The van der Waals surface area contributed by atoms with Crippen LogP contribution in [-0.2, 0) is 4.79 Å². The smallest absolute Gasteiger partial charge is 0.237 e. The number of rotatable bonds is 5. The average Bonchev–Trinajstić information content (AvgIpc) is 2.91. The van der Waals surface area contributed by atoms with Crippen LogP contribution in [0.5, 0.6) is 0 Å². The van der Waals surface area contributed by atoms with Gasteiger partial charge in [-0.3, -0.25) is 4.79 Å². The first-order chi connectivity index (χ1) is 6.48. The van der Waals surface area contributed by atoms with Crippen molar-refractivity contribution in [3.63, 3.8) is 0 Å². The van der Waals surface area contributed by atoms with Crippen LogP contribution >= 0.6 is 0 Å². The van der Waals surface area contributed by atoms with E-state index in [0.29, 0.717) is 5.41 Å². The Labute approximate surface area is 86.4 Å². The normalized spacial score (nSPS) is 22.6. The van der Waals surface area contributed by atoms with Crippen LogP contribution in [-0.4, -0.2) is 18.5 Å². The molecule has 0 aromatic carbocycles. The van der Waals surface area contributed by atoms with E-state index in [1.54, 1.807) is 0 Å². The molecular formula is C11H22N2O. The Bertz CT molecular complexity index is 211. The number of amides is 1. The van der Waals surface area contributed by atoms with Crippen molar-refractivity contribution in [1.29, 1.82) is 0 Å². The fourth-order valence-corrected chi connectivity index (χ4v) is 1.32. The fourth-order valence-electron chi connectivity index (χ4n) is 1.32. The van der Waals surface area contributed by atoms with Gasteiger partial charge in [0.1, 0.15) is 0 Å². The Morgan fingerprint density at radius 1 is 1.57 bits per heavy atom. The summed E-state index contributed by atoms with van der Waals surface area (Å²) in [7, 11) is 0. The number of carbonyl (C=O) groups excluding carboxylic acids is 1. The molecule has 3 N–H and O–H groups in total. The summed E-state index contributed by atoms with van der Waals surface area (Å²) in [4.78, 5) is 11.6. The molecular weight excluding hydrogens is 176 g/mol. The first-order valence-electron chi connectivity index (χ1n) is 5.52. The van der Waals surface area contributed by atoms with E-state index >= 15 is 0 Å². The minimum atomic E-state index is -0.345. The molecule has 3 nitrogen and oxygen atoms in total.